The number of aromatic nitrogens is 1. The van der Waals surface area contributed by atoms with Gasteiger partial charge in [-0.1, -0.05) is 6.92 Å². The van der Waals surface area contributed by atoms with Gasteiger partial charge in [0.1, 0.15) is 0 Å². The van der Waals surface area contributed by atoms with Crippen molar-refractivity contribution in [3.63, 3.8) is 0 Å². The summed E-state index contributed by atoms with van der Waals surface area (Å²) in [6.45, 7) is 4.37. The van der Waals surface area contributed by atoms with Gasteiger partial charge in [-0.2, -0.15) is 0 Å². The van der Waals surface area contributed by atoms with E-state index in [0.717, 1.165) is 19.0 Å². The van der Waals surface area contributed by atoms with Crippen molar-refractivity contribution in [3.8, 4) is 0 Å². The lowest BCUT2D eigenvalue weighted by molar-refractivity contribution is 0.471. The third kappa shape index (κ3) is 3.27. The zero-order valence-electron chi connectivity index (χ0n) is 9.86. The molecule has 0 saturated heterocycles. The van der Waals surface area contributed by atoms with Crippen LogP contribution < -0.4 is 11.1 Å². The Morgan fingerprint density at radius 3 is 3.12 bits per heavy atom. The van der Waals surface area contributed by atoms with Crippen LogP contribution >= 0.6 is 11.3 Å². The van der Waals surface area contributed by atoms with Crippen LogP contribution in [0.4, 0.5) is 0 Å². The molecule has 90 valence electrons. The molecule has 4 heteroatoms. The van der Waals surface area contributed by atoms with E-state index in [2.05, 4.69) is 17.2 Å². The van der Waals surface area contributed by atoms with E-state index in [-0.39, 0.29) is 0 Å². The highest BCUT2D eigenvalue weighted by atomic mass is 32.1. The summed E-state index contributed by atoms with van der Waals surface area (Å²) >= 11 is 1.74. The summed E-state index contributed by atoms with van der Waals surface area (Å²) in [5.74, 6) is 1.31. The second-order valence-corrected chi connectivity index (χ2v) is 5.79. The highest BCUT2D eigenvalue weighted by Gasteiger charge is 2.21. The molecule has 0 radical (unpaired) electrons. The van der Waals surface area contributed by atoms with Crippen LogP contribution in [-0.4, -0.2) is 24.1 Å². The first kappa shape index (κ1) is 12.0. The topological polar surface area (TPSA) is 50.9 Å². The molecule has 2 rings (SSSR count). The van der Waals surface area contributed by atoms with E-state index in [0.29, 0.717) is 12.0 Å². The van der Waals surface area contributed by atoms with E-state index in [9.17, 15) is 0 Å². The molecule has 1 aliphatic carbocycles. The molecule has 3 unspecified atom stereocenters. The van der Waals surface area contributed by atoms with Gasteiger partial charge in [0.2, 0.25) is 0 Å². The summed E-state index contributed by atoms with van der Waals surface area (Å²) in [6, 6.07) is 0.447. The van der Waals surface area contributed by atoms with E-state index < -0.39 is 0 Å². The van der Waals surface area contributed by atoms with Crippen LogP contribution in [0, 0.1) is 5.92 Å². The standard InChI is InChI=1S/C12H21N3S/c1-9(12-15-4-5-16-12)7-14-8-10-2-3-11(13)6-10/h4-5,9-11,14H,2-3,6-8,13H2,1H3. The van der Waals surface area contributed by atoms with Gasteiger partial charge in [0.15, 0.2) is 0 Å². The Morgan fingerprint density at radius 1 is 1.62 bits per heavy atom. The largest absolute Gasteiger partial charge is 0.328 e. The van der Waals surface area contributed by atoms with Gasteiger partial charge in [0.25, 0.3) is 0 Å². The molecule has 1 heterocycles. The number of hydrogen-bond donors (Lipinski definition) is 2. The first-order chi connectivity index (χ1) is 7.75. The molecule has 0 aliphatic heterocycles. The van der Waals surface area contributed by atoms with E-state index in [4.69, 9.17) is 5.73 Å². The highest BCUT2D eigenvalue weighted by Crippen LogP contribution is 2.23. The number of nitrogens with one attached hydrogen (secondary N) is 1. The minimum Gasteiger partial charge on any atom is -0.328 e. The fraction of sp³-hybridized carbons (Fsp3) is 0.750. The van der Waals surface area contributed by atoms with Crippen molar-refractivity contribution in [1.82, 2.24) is 10.3 Å². The lowest BCUT2D eigenvalue weighted by Gasteiger charge is -2.13. The van der Waals surface area contributed by atoms with Gasteiger partial charge in [-0.25, -0.2) is 4.98 Å². The maximum Gasteiger partial charge on any atom is 0.0965 e. The molecule has 0 aromatic carbocycles. The predicted molar refractivity (Wildman–Crippen MR) is 68.7 cm³/mol. The summed E-state index contributed by atoms with van der Waals surface area (Å²) in [4.78, 5) is 4.34. The van der Waals surface area contributed by atoms with Crippen LogP contribution in [-0.2, 0) is 0 Å². The van der Waals surface area contributed by atoms with Gasteiger partial charge in [-0.3, -0.25) is 0 Å². The Balaban J connectivity index is 1.64. The van der Waals surface area contributed by atoms with Crippen LogP contribution in [0.1, 0.15) is 37.1 Å². The van der Waals surface area contributed by atoms with Gasteiger partial charge >= 0.3 is 0 Å². The zero-order valence-corrected chi connectivity index (χ0v) is 10.7. The fourth-order valence-corrected chi connectivity index (χ4v) is 3.07. The quantitative estimate of drug-likeness (QED) is 0.826. The van der Waals surface area contributed by atoms with E-state index in [1.54, 1.807) is 11.3 Å². The minimum absolute atomic E-state index is 0.447. The summed E-state index contributed by atoms with van der Waals surface area (Å²) in [5.41, 5.74) is 5.90. The molecular formula is C12H21N3S. The molecule has 3 nitrogen and oxygen atoms in total. The zero-order chi connectivity index (χ0) is 11.4. The maximum absolute atomic E-state index is 5.90. The Bertz CT molecular complexity index is 299. The monoisotopic (exact) mass is 239 g/mol. The van der Waals surface area contributed by atoms with Crippen LogP contribution in [0.15, 0.2) is 11.6 Å². The first-order valence-electron chi connectivity index (χ1n) is 6.11. The first-order valence-corrected chi connectivity index (χ1v) is 6.99. The van der Waals surface area contributed by atoms with Crippen LogP contribution in [0.5, 0.6) is 0 Å². The fourth-order valence-electron chi connectivity index (χ4n) is 2.37. The molecule has 1 aromatic rings. The van der Waals surface area contributed by atoms with Crippen LogP contribution in [0.2, 0.25) is 0 Å². The lowest BCUT2D eigenvalue weighted by atomic mass is 10.1. The summed E-state index contributed by atoms with van der Waals surface area (Å²) in [6.07, 6.45) is 5.57. The molecule has 1 aliphatic rings. The number of rotatable bonds is 5. The number of nitrogens with two attached hydrogens (primary N) is 1. The molecule has 0 bridgehead atoms. The van der Waals surface area contributed by atoms with E-state index in [1.165, 1.54) is 24.3 Å². The van der Waals surface area contributed by atoms with E-state index in [1.807, 2.05) is 11.6 Å². The minimum atomic E-state index is 0.447. The smallest absolute Gasteiger partial charge is 0.0965 e. The molecule has 1 saturated carbocycles. The summed E-state index contributed by atoms with van der Waals surface area (Å²) in [7, 11) is 0. The molecule has 0 spiro atoms. The Morgan fingerprint density at radius 2 is 2.50 bits per heavy atom. The average Bonchev–Trinajstić information content (AvgIpc) is 2.89. The molecule has 1 fully saturated rings. The van der Waals surface area contributed by atoms with Crippen molar-refractivity contribution < 1.29 is 0 Å². The van der Waals surface area contributed by atoms with Crippen molar-refractivity contribution in [2.45, 2.75) is 38.1 Å². The van der Waals surface area contributed by atoms with Crippen molar-refractivity contribution in [2.75, 3.05) is 13.1 Å². The molecule has 0 amide bonds. The van der Waals surface area contributed by atoms with Crippen LogP contribution in [0.3, 0.4) is 0 Å². The lowest BCUT2D eigenvalue weighted by Crippen LogP contribution is -2.26. The summed E-state index contributed by atoms with van der Waals surface area (Å²) < 4.78 is 0. The highest BCUT2D eigenvalue weighted by molar-refractivity contribution is 7.09. The molecular weight excluding hydrogens is 218 g/mol. The third-order valence-corrected chi connectivity index (χ3v) is 4.35. The van der Waals surface area contributed by atoms with Gasteiger partial charge in [0.05, 0.1) is 5.01 Å². The predicted octanol–water partition coefficient (Wildman–Crippen LogP) is 1.96. The number of nitrogens with zero attached hydrogens (tertiary/aromatic N) is 1. The second-order valence-electron chi connectivity index (χ2n) is 4.87. The Hall–Kier alpha value is -0.450. The van der Waals surface area contributed by atoms with Crippen molar-refractivity contribution >= 4 is 11.3 Å². The van der Waals surface area contributed by atoms with Gasteiger partial charge in [0, 0.05) is 30.1 Å². The number of hydrogen-bond acceptors (Lipinski definition) is 4. The molecule has 3 N–H and O–H groups in total. The number of thiazole rings is 1. The molecule has 3 atom stereocenters. The third-order valence-electron chi connectivity index (χ3n) is 3.34. The van der Waals surface area contributed by atoms with Gasteiger partial charge in [-0.05, 0) is 31.7 Å². The SMILES string of the molecule is CC(CNCC1CCC(N)C1)c1nccs1. The normalized spacial score (nSPS) is 27.1. The van der Waals surface area contributed by atoms with Gasteiger partial charge < -0.3 is 11.1 Å². The van der Waals surface area contributed by atoms with E-state index >= 15 is 0 Å². The van der Waals surface area contributed by atoms with Crippen molar-refractivity contribution in [2.24, 2.45) is 11.7 Å². The van der Waals surface area contributed by atoms with Crippen molar-refractivity contribution in [1.29, 1.82) is 0 Å². The van der Waals surface area contributed by atoms with Crippen molar-refractivity contribution in [3.05, 3.63) is 16.6 Å². The Kier molecular flexibility index (Phi) is 4.32. The molecule has 1 aromatic heterocycles. The van der Waals surface area contributed by atoms with Crippen LogP contribution in [0.25, 0.3) is 0 Å². The maximum atomic E-state index is 5.90. The summed E-state index contributed by atoms with van der Waals surface area (Å²) in [5, 5.41) is 6.82. The second kappa shape index (κ2) is 5.75. The average molecular weight is 239 g/mol. The molecule has 16 heavy (non-hydrogen) atoms. The van der Waals surface area contributed by atoms with Gasteiger partial charge in [-0.15, -0.1) is 11.3 Å². The Labute approximate surface area is 101 Å².